The Bertz CT molecular complexity index is 541. The summed E-state index contributed by atoms with van der Waals surface area (Å²) in [5, 5.41) is 14.6. The van der Waals surface area contributed by atoms with Gasteiger partial charge in [-0.05, 0) is 11.6 Å². The summed E-state index contributed by atoms with van der Waals surface area (Å²) in [5.74, 6) is 0.340. The van der Waals surface area contributed by atoms with Crippen molar-refractivity contribution in [1.29, 1.82) is 0 Å². The number of rotatable bonds is 7. The zero-order valence-electron chi connectivity index (χ0n) is 10.8. The Balaban J connectivity index is 2.51. The molecule has 0 aromatic heterocycles. The quantitative estimate of drug-likeness (QED) is 0.220. The van der Waals surface area contributed by atoms with Gasteiger partial charge in [0.25, 0.3) is 0 Å². The first-order valence-electron chi connectivity index (χ1n) is 5.96. The minimum absolute atomic E-state index is 0.0513. The van der Waals surface area contributed by atoms with Gasteiger partial charge in [-0.3, -0.25) is 0 Å². The third kappa shape index (κ3) is 5.27. The van der Waals surface area contributed by atoms with Crippen LogP contribution in [0.5, 0.6) is 0 Å². The Morgan fingerprint density at radius 3 is 2.84 bits per heavy atom. The van der Waals surface area contributed by atoms with Crippen molar-refractivity contribution in [3.63, 3.8) is 0 Å². The van der Waals surface area contributed by atoms with Crippen LogP contribution < -0.4 is 11.1 Å². The monoisotopic (exact) mass is 285 g/mol. The molecule has 0 saturated carbocycles. The van der Waals surface area contributed by atoms with Crippen LogP contribution in [0.15, 0.2) is 29.4 Å². The number of benzene rings is 1. The molecule has 0 spiro atoms. The first-order chi connectivity index (χ1) is 8.98. The van der Waals surface area contributed by atoms with Gasteiger partial charge < -0.3 is 16.3 Å². The highest BCUT2D eigenvalue weighted by Gasteiger charge is 2.06. The van der Waals surface area contributed by atoms with E-state index in [4.69, 9.17) is 10.9 Å². The van der Waals surface area contributed by atoms with Crippen molar-refractivity contribution < 1.29 is 13.6 Å². The predicted octanol–water partition coefficient (Wildman–Crippen LogP) is 0.305. The maximum atomic E-state index is 11.3. The van der Waals surface area contributed by atoms with Gasteiger partial charge in [-0.2, -0.15) is 0 Å². The SMILES string of the molecule is CCS(=O)(=O)CCNCc1cccc(/C(N)=N/O)c1. The normalized spacial score (nSPS) is 12.6. The largest absolute Gasteiger partial charge is 0.409 e. The van der Waals surface area contributed by atoms with Gasteiger partial charge in [0.05, 0.1) is 5.75 Å². The number of hydrogen-bond donors (Lipinski definition) is 3. The fraction of sp³-hybridized carbons (Fsp3) is 0.417. The van der Waals surface area contributed by atoms with Crippen molar-refractivity contribution in [2.75, 3.05) is 18.1 Å². The van der Waals surface area contributed by atoms with Crippen LogP contribution in [0.3, 0.4) is 0 Å². The van der Waals surface area contributed by atoms with Crippen molar-refractivity contribution in [2.45, 2.75) is 13.5 Å². The second kappa shape index (κ2) is 7.10. The van der Waals surface area contributed by atoms with E-state index in [0.717, 1.165) is 5.56 Å². The predicted molar refractivity (Wildman–Crippen MR) is 75.0 cm³/mol. The molecule has 0 aliphatic carbocycles. The second-order valence-electron chi connectivity index (χ2n) is 4.10. The number of nitrogens with zero attached hydrogens (tertiary/aromatic N) is 1. The summed E-state index contributed by atoms with van der Waals surface area (Å²) < 4.78 is 22.6. The van der Waals surface area contributed by atoms with Crippen LogP contribution >= 0.6 is 0 Å². The van der Waals surface area contributed by atoms with Crippen LogP contribution in [-0.2, 0) is 16.4 Å². The third-order valence-electron chi connectivity index (χ3n) is 2.69. The molecule has 7 heteroatoms. The van der Waals surface area contributed by atoms with E-state index in [1.807, 2.05) is 6.07 Å². The average Bonchev–Trinajstić information content (AvgIpc) is 2.43. The maximum Gasteiger partial charge on any atom is 0.170 e. The Hall–Kier alpha value is -1.60. The first kappa shape index (κ1) is 15.5. The van der Waals surface area contributed by atoms with E-state index in [1.165, 1.54) is 0 Å². The Labute approximate surface area is 113 Å². The van der Waals surface area contributed by atoms with Gasteiger partial charge in [0, 0.05) is 24.4 Å². The topological polar surface area (TPSA) is 105 Å². The van der Waals surface area contributed by atoms with E-state index in [2.05, 4.69) is 10.5 Å². The molecule has 0 amide bonds. The molecule has 106 valence electrons. The smallest absolute Gasteiger partial charge is 0.170 e. The highest BCUT2D eigenvalue weighted by atomic mass is 32.2. The van der Waals surface area contributed by atoms with Gasteiger partial charge in [-0.15, -0.1) is 0 Å². The van der Waals surface area contributed by atoms with Crippen molar-refractivity contribution in [2.24, 2.45) is 10.9 Å². The molecule has 19 heavy (non-hydrogen) atoms. The van der Waals surface area contributed by atoms with Gasteiger partial charge >= 0.3 is 0 Å². The lowest BCUT2D eigenvalue weighted by Crippen LogP contribution is -2.23. The number of nitrogens with two attached hydrogens (primary N) is 1. The molecule has 0 saturated heterocycles. The summed E-state index contributed by atoms with van der Waals surface area (Å²) in [6.45, 7) is 2.57. The maximum absolute atomic E-state index is 11.3. The summed E-state index contributed by atoms with van der Waals surface area (Å²) in [7, 11) is -2.93. The molecule has 0 aliphatic rings. The van der Waals surface area contributed by atoms with E-state index in [0.29, 0.717) is 18.7 Å². The summed E-state index contributed by atoms with van der Waals surface area (Å²) in [6.07, 6.45) is 0. The molecule has 4 N–H and O–H groups in total. The Morgan fingerprint density at radius 1 is 1.47 bits per heavy atom. The summed E-state index contributed by atoms with van der Waals surface area (Å²) in [6, 6.07) is 7.21. The molecule has 6 nitrogen and oxygen atoms in total. The average molecular weight is 285 g/mol. The highest BCUT2D eigenvalue weighted by molar-refractivity contribution is 7.91. The fourth-order valence-corrected chi connectivity index (χ4v) is 2.25. The lowest BCUT2D eigenvalue weighted by molar-refractivity contribution is 0.318. The Morgan fingerprint density at radius 2 is 2.21 bits per heavy atom. The molecule has 0 fully saturated rings. The van der Waals surface area contributed by atoms with Gasteiger partial charge in [-0.1, -0.05) is 30.3 Å². The van der Waals surface area contributed by atoms with E-state index in [1.54, 1.807) is 25.1 Å². The van der Waals surface area contributed by atoms with Crippen molar-refractivity contribution in [3.05, 3.63) is 35.4 Å². The molecule has 0 radical (unpaired) electrons. The van der Waals surface area contributed by atoms with E-state index in [9.17, 15) is 8.42 Å². The fourth-order valence-electron chi connectivity index (χ4n) is 1.50. The minimum atomic E-state index is -2.93. The van der Waals surface area contributed by atoms with Crippen LogP contribution in [0.4, 0.5) is 0 Å². The van der Waals surface area contributed by atoms with Crippen LogP contribution in [0.1, 0.15) is 18.1 Å². The molecule has 1 rings (SSSR count). The standard InChI is InChI=1S/C12H19N3O3S/c1-2-19(17,18)7-6-14-9-10-4-3-5-11(8-10)12(13)15-16/h3-5,8,14,16H,2,6-7,9H2,1H3,(H2,13,15). The molecule has 1 aromatic rings. The number of hydrogen-bond acceptors (Lipinski definition) is 5. The van der Waals surface area contributed by atoms with Crippen molar-refractivity contribution >= 4 is 15.7 Å². The summed E-state index contributed by atoms with van der Waals surface area (Å²) >= 11 is 0. The lowest BCUT2D eigenvalue weighted by Gasteiger charge is -2.06. The van der Waals surface area contributed by atoms with Crippen LogP contribution in [-0.4, -0.2) is 37.5 Å². The zero-order chi connectivity index (χ0) is 14.3. The molecule has 0 aliphatic heterocycles. The first-order valence-corrected chi connectivity index (χ1v) is 7.78. The van der Waals surface area contributed by atoms with Crippen LogP contribution in [0.2, 0.25) is 0 Å². The number of sulfone groups is 1. The minimum Gasteiger partial charge on any atom is -0.409 e. The van der Waals surface area contributed by atoms with Crippen molar-refractivity contribution in [3.8, 4) is 0 Å². The van der Waals surface area contributed by atoms with Crippen LogP contribution in [0, 0.1) is 0 Å². The molecule has 0 unspecified atom stereocenters. The molecule has 0 heterocycles. The van der Waals surface area contributed by atoms with Gasteiger partial charge in [-0.25, -0.2) is 8.42 Å². The van der Waals surface area contributed by atoms with Gasteiger partial charge in [0.15, 0.2) is 15.7 Å². The number of amidine groups is 1. The molecule has 1 aromatic carbocycles. The summed E-state index contributed by atoms with van der Waals surface area (Å²) in [5.41, 5.74) is 7.06. The highest BCUT2D eigenvalue weighted by Crippen LogP contribution is 2.04. The second-order valence-corrected chi connectivity index (χ2v) is 6.57. The van der Waals surface area contributed by atoms with E-state index >= 15 is 0 Å². The number of nitrogens with one attached hydrogen (secondary N) is 1. The van der Waals surface area contributed by atoms with Gasteiger partial charge in [0.1, 0.15) is 0 Å². The van der Waals surface area contributed by atoms with Crippen molar-refractivity contribution in [1.82, 2.24) is 5.32 Å². The Kier molecular flexibility index (Phi) is 5.78. The lowest BCUT2D eigenvalue weighted by atomic mass is 10.1. The molecular weight excluding hydrogens is 266 g/mol. The molecule has 0 atom stereocenters. The molecule has 0 bridgehead atoms. The van der Waals surface area contributed by atoms with E-state index < -0.39 is 9.84 Å². The number of oxime groups is 1. The zero-order valence-corrected chi connectivity index (χ0v) is 11.7. The van der Waals surface area contributed by atoms with Crippen LogP contribution in [0.25, 0.3) is 0 Å². The third-order valence-corrected chi connectivity index (χ3v) is 4.40. The molecular formula is C12H19N3O3S. The summed E-state index contributed by atoms with van der Waals surface area (Å²) in [4.78, 5) is 0. The van der Waals surface area contributed by atoms with Gasteiger partial charge in [0.2, 0.25) is 0 Å². The van der Waals surface area contributed by atoms with E-state index in [-0.39, 0.29) is 17.3 Å².